The predicted molar refractivity (Wildman–Crippen MR) is 90.6 cm³/mol. The highest BCUT2D eigenvalue weighted by molar-refractivity contribution is 7.17. The van der Waals surface area contributed by atoms with Crippen LogP contribution in [0.2, 0.25) is 4.34 Å². The van der Waals surface area contributed by atoms with Crippen LogP contribution in [0.5, 0.6) is 5.88 Å². The summed E-state index contributed by atoms with van der Waals surface area (Å²) in [6.07, 6.45) is 3.98. The molecule has 1 fully saturated rings. The van der Waals surface area contributed by atoms with Crippen LogP contribution in [0.25, 0.3) is 0 Å². The first-order valence-corrected chi connectivity index (χ1v) is 8.43. The number of ether oxygens (including phenoxy) is 1. The van der Waals surface area contributed by atoms with Gasteiger partial charge in [-0.2, -0.15) is 4.98 Å². The summed E-state index contributed by atoms with van der Waals surface area (Å²) in [6, 6.07) is 3.50. The zero-order valence-corrected chi connectivity index (χ0v) is 14.5. The summed E-state index contributed by atoms with van der Waals surface area (Å²) < 4.78 is 6.49. The number of likely N-dealkylation sites (tertiary alicyclic amines) is 1. The second-order valence-corrected chi connectivity index (χ2v) is 7.21. The Balaban J connectivity index is 1.62. The zero-order chi connectivity index (χ0) is 16.4. The molecule has 23 heavy (non-hydrogen) atoms. The van der Waals surface area contributed by atoms with E-state index in [4.69, 9.17) is 16.3 Å². The van der Waals surface area contributed by atoms with Gasteiger partial charge in [-0.3, -0.25) is 9.78 Å². The second kappa shape index (κ2) is 6.72. The maximum atomic E-state index is 12.4. The molecule has 0 N–H and O–H groups in total. The summed E-state index contributed by atoms with van der Waals surface area (Å²) in [5, 5.41) is 0. The predicted octanol–water partition coefficient (Wildman–Crippen LogP) is 2.55. The number of carbonyl (C=O) groups is 1. The average Bonchev–Trinajstić information content (AvgIpc) is 3.16. The standard InChI is InChI=1S/C15H17ClN4O2S/c1-19(2)13-7-17-8-14(18-13)22-10-5-6-20(9-10)15(21)11-3-4-12(16)23-11/h3-4,7-8,10H,5-6,9H2,1-2H3. The Bertz CT molecular complexity index is 706. The minimum Gasteiger partial charge on any atom is -0.471 e. The molecule has 2 aromatic heterocycles. The molecule has 1 aliphatic heterocycles. The van der Waals surface area contributed by atoms with Crippen LogP contribution in [0.3, 0.4) is 0 Å². The fraction of sp³-hybridized carbons (Fsp3) is 0.400. The minimum atomic E-state index is -0.0684. The van der Waals surface area contributed by atoms with Crippen LogP contribution in [0.4, 0.5) is 5.82 Å². The molecule has 1 atom stereocenters. The van der Waals surface area contributed by atoms with E-state index < -0.39 is 0 Å². The fourth-order valence-corrected chi connectivity index (χ4v) is 3.39. The quantitative estimate of drug-likeness (QED) is 0.846. The molecule has 0 bridgehead atoms. The number of halogens is 1. The third-order valence-electron chi connectivity index (χ3n) is 3.56. The van der Waals surface area contributed by atoms with Crippen LogP contribution in [0.1, 0.15) is 16.1 Å². The van der Waals surface area contributed by atoms with Gasteiger partial charge in [-0.25, -0.2) is 0 Å². The van der Waals surface area contributed by atoms with E-state index in [1.54, 1.807) is 29.4 Å². The second-order valence-electron chi connectivity index (χ2n) is 5.49. The van der Waals surface area contributed by atoms with Gasteiger partial charge in [0.05, 0.1) is 28.2 Å². The number of thiophene rings is 1. The van der Waals surface area contributed by atoms with Crippen LogP contribution in [-0.2, 0) is 0 Å². The van der Waals surface area contributed by atoms with E-state index in [9.17, 15) is 4.79 Å². The first-order valence-electron chi connectivity index (χ1n) is 7.23. The number of rotatable bonds is 4. The normalized spacial score (nSPS) is 17.3. The molecular formula is C15H17ClN4O2S. The van der Waals surface area contributed by atoms with Gasteiger partial charge in [-0.1, -0.05) is 11.6 Å². The molecule has 1 aliphatic rings. The Morgan fingerprint density at radius 2 is 2.26 bits per heavy atom. The molecule has 122 valence electrons. The lowest BCUT2D eigenvalue weighted by Crippen LogP contribution is -2.30. The van der Waals surface area contributed by atoms with Gasteiger partial charge in [0.1, 0.15) is 6.10 Å². The molecule has 0 radical (unpaired) electrons. The number of hydrogen-bond acceptors (Lipinski definition) is 6. The van der Waals surface area contributed by atoms with E-state index in [1.165, 1.54) is 11.3 Å². The molecule has 6 nitrogen and oxygen atoms in total. The number of amides is 1. The van der Waals surface area contributed by atoms with Crippen molar-refractivity contribution in [2.45, 2.75) is 12.5 Å². The number of nitrogens with zero attached hydrogens (tertiary/aromatic N) is 4. The third-order valence-corrected chi connectivity index (χ3v) is 4.78. The molecule has 0 aliphatic carbocycles. The summed E-state index contributed by atoms with van der Waals surface area (Å²) in [6.45, 7) is 1.21. The zero-order valence-electron chi connectivity index (χ0n) is 12.9. The summed E-state index contributed by atoms with van der Waals surface area (Å²) in [7, 11) is 3.80. The van der Waals surface area contributed by atoms with Crippen molar-refractivity contribution < 1.29 is 9.53 Å². The maximum Gasteiger partial charge on any atom is 0.264 e. The molecule has 2 aromatic rings. The van der Waals surface area contributed by atoms with E-state index in [2.05, 4.69) is 9.97 Å². The van der Waals surface area contributed by atoms with Crippen molar-refractivity contribution in [2.24, 2.45) is 0 Å². The van der Waals surface area contributed by atoms with Crippen LogP contribution in [0, 0.1) is 0 Å². The van der Waals surface area contributed by atoms with Crippen LogP contribution < -0.4 is 9.64 Å². The van der Waals surface area contributed by atoms with E-state index >= 15 is 0 Å². The number of hydrogen-bond donors (Lipinski definition) is 0. The molecule has 3 rings (SSSR count). The molecule has 0 spiro atoms. The Hall–Kier alpha value is -1.86. The smallest absolute Gasteiger partial charge is 0.264 e. The lowest BCUT2D eigenvalue weighted by molar-refractivity contribution is 0.0776. The van der Waals surface area contributed by atoms with Gasteiger partial charge in [0.2, 0.25) is 5.88 Å². The molecule has 8 heteroatoms. The fourth-order valence-electron chi connectivity index (χ4n) is 2.38. The van der Waals surface area contributed by atoms with Gasteiger partial charge >= 0.3 is 0 Å². The Kier molecular flexibility index (Phi) is 4.68. The van der Waals surface area contributed by atoms with Gasteiger partial charge in [0, 0.05) is 27.1 Å². The first kappa shape index (κ1) is 16.0. The van der Waals surface area contributed by atoms with Gasteiger partial charge in [-0.15, -0.1) is 11.3 Å². The SMILES string of the molecule is CN(C)c1cncc(OC2CCN(C(=O)c3ccc(Cl)s3)C2)n1. The van der Waals surface area contributed by atoms with Gasteiger partial charge in [0.15, 0.2) is 5.82 Å². The maximum absolute atomic E-state index is 12.4. The van der Waals surface area contributed by atoms with Crippen LogP contribution >= 0.6 is 22.9 Å². The highest BCUT2D eigenvalue weighted by Gasteiger charge is 2.29. The molecule has 1 unspecified atom stereocenters. The van der Waals surface area contributed by atoms with Crippen molar-refractivity contribution in [1.29, 1.82) is 0 Å². The topological polar surface area (TPSA) is 58.6 Å². The Labute approximate surface area is 143 Å². The summed E-state index contributed by atoms with van der Waals surface area (Å²) in [5.41, 5.74) is 0. The Morgan fingerprint density at radius 3 is 2.96 bits per heavy atom. The summed E-state index contributed by atoms with van der Waals surface area (Å²) >= 11 is 7.19. The van der Waals surface area contributed by atoms with Crippen LogP contribution in [-0.4, -0.2) is 54.1 Å². The van der Waals surface area contributed by atoms with Gasteiger partial charge < -0.3 is 14.5 Å². The average molecular weight is 353 g/mol. The van der Waals surface area contributed by atoms with Gasteiger partial charge in [0.25, 0.3) is 5.91 Å². The largest absolute Gasteiger partial charge is 0.471 e. The van der Waals surface area contributed by atoms with Crippen molar-refractivity contribution in [3.63, 3.8) is 0 Å². The highest BCUT2D eigenvalue weighted by Crippen LogP contribution is 2.25. The van der Waals surface area contributed by atoms with Gasteiger partial charge in [-0.05, 0) is 12.1 Å². The van der Waals surface area contributed by atoms with E-state index in [-0.39, 0.29) is 12.0 Å². The van der Waals surface area contributed by atoms with E-state index in [1.807, 2.05) is 19.0 Å². The molecule has 0 saturated carbocycles. The molecule has 0 aromatic carbocycles. The Morgan fingerprint density at radius 1 is 1.43 bits per heavy atom. The lowest BCUT2D eigenvalue weighted by Gasteiger charge is -2.17. The number of carbonyl (C=O) groups excluding carboxylic acids is 1. The molecule has 1 saturated heterocycles. The van der Waals surface area contributed by atoms with E-state index in [0.717, 1.165) is 12.2 Å². The summed E-state index contributed by atoms with van der Waals surface area (Å²) in [5.74, 6) is 1.22. The highest BCUT2D eigenvalue weighted by atomic mass is 35.5. The molecule has 1 amide bonds. The van der Waals surface area contributed by atoms with E-state index in [0.29, 0.717) is 28.2 Å². The van der Waals surface area contributed by atoms with Crippen molar-refractivity contribution in [3.05, 3.63) is 33.7 Å². The van der Waals surface area contributed by atoms with Crippen molar-refractivity contribution in [2.75, 3.05) is 32.1 Å². The number of aromatic nitrogens is 2. The number of anilines is 1. The van der Waals surface area contributed by atoms with Crippen molar-refractivity contribution >= 4 is 34.7 Å². The monoisotopic (exact) mass is 352 g/mol. The van der Waals surface area contributed by atoms with Crippen molar-refractivity contribution in [3.8, 4) is 5.88 Å². The lowest BCUT2D eigenvalue weighted by atomic mass is 10.3. The minimum absolute atomic E-state index is 0.00104. The third kappa shape index (κ3) is 3.73. The van der Waals surface area contributed by atoms with Crippen molar-refractivity contribution in [1.82, 2.24) is 14.9 Å². The van der Waals surface area contributed by atoms with Crippen LogP contribution in [0.15, 0.2) is 24.5 Å². The molecule has 3 heterocycles. The molecular weight excluding hydrogens is 336 g/mol. The summed E-state index contributed by atoms with van der Waals surface area (Å²) in [4.78, 5) is 25.2. The first-order chi connectivity index (χ1) is 11.0.